The highest BCUT2D eigenvalue weighted by Crippen LogP contribution is 2.27. The molecule has 0 atom stereocenters. The Balaban J connectivity index is 2.24. The highest BCUT2D eigenvalue weighted by Gasteiger charge is 2.06. The molecule has 0 unspecified atom stereocenters. The van der Waals surface area contributed by atoms with Crippen molar-refractivity contribution in [2.75, 3.05) is 14.2 Å². The first-order valence-electron chi connectivity index (χ1n) is 5.74. The van der Waals surface area contributed by atoms with Crippen molar-refractivity contribution in [3.05, 3.63) is 47.8 Å². The Morgan fingerprint density at radius 3 is 2.56 bits per heavy atom. The summed E-state index contributed by atoms with van der Waals surface area (Å²) < 4.78 is 12.5. The quantitative estimate of drug-likeness (QED) is 0.879. The van der Waals surface area contributed by atoms with Crippen LogP contribution in [-0.2, 0) is 13.2 Å². The van der Waals surface area contributed by atoms with Crippen LogP contribution in [0.3, 0.4) is 0 Å². The first-order chi connectivity index (χ1) is 8.78. The van der Waals surface area contributed by atoms with Crippen LogP contribution >= 0.6 is 0 Å². The van der Waals surface area contributed by atoms with Crippen LogP contribution in [0.5, 0.6) is 11.5 Å². The van der Waals surface area contributed by atoms with E-state index in [1.54, 1.807) is 14.2 Å². The molecule has 0 fully saturated rings. The molecule has 0 aliphatic rings. The van der Waals surface area contributed by atoms with Gasteiger partial charge < -0.3 is 19.1 Å². The molecule has 0 bridgehead atoms. The number of aromatic nitrogens is 1. The molecule has 0 aliphatic heterocycles. The molecule has 1 aromatic heterocycles. The molecule has 0 aliphatic carbocycles. The van der Waals surface area contributed by atoms with E-state index in [1.165, 1.54) is 0 Å². The van der Waals surface area contributed by atoms with Gasteiger partial charge in [-0.15, -0.1) is 0 Å². The van der Waals surface area contributed by atoms with Crippen LogP contribution in [0.25, 0.3) is 0 Å². The summed E-state index contributed by atoms with van der Waals surface area (Å²) in [5.74, 6) is 1.43. The van der Waals surface area contributed by atoms with Crippen molar-refractivity contribution in [1.82, 2.24) is 4.57 Å². The molecular formula is C14H17NO3. The maximum atomic E-state index is 9.20. The first kappa shape index (κ1) is 12.5. The number of aliphatic hydroxyl groups excluding tert-OH is 1. The zero-order valence-electron chi connectivity index (χ0n) is 10.6. The maximum absolute atomic E-state index is 9.20. The summed E-state index contributed by atoms with van der Waals surface area (Å²) >= 11 is 0. The molecule has 0 amide bonds. The Labute approximate surface area is 106 Å². The zero-order chi connectivity index (χ0) is 13.0. The van der Waals surface area contributed by atoms with Crippen molar-refractivity contribution in [2.45, 2.75) is 13.2 Å². The number of methoxy groups -OCH3 is 2. The fourth-order valence-corrected chi connectivity index (χ4v) is 1.92. The van der Waals surface area contributed by atoms with Crippen LogP contribution in [0.4, 0.5) is 0 Å². The summed E-state index contributed by atoms with van der Waals surface area (Å²) in [4.78, 5) is 0. The van der Waals surface area contributed by atoms with E-state index in [0.717, 1.165) is 17.0 Å². The summed E-state index contributed by atoms with van der Waals surface area (Å²) in [6.45, 7) is 0.740. The molecule has 0 saturated carbocycles. The Kier molecular flexibility index (Phi) is 3.89. The molecule has 2 rings (SSSR count). The summed E-state index contributed by atoms with van der Waals surface area (Å²) in [5, 5.41) is 9.20. The van der Waals surface area contributed by atoms with E-state index < -0.39 is 0 Å². The largest absolute Gasteiger partial charge is 0.493 e. The van der Waals surface area contributed by atoms with Crippen molar-refractivity contribution >= 4 is 0 Å². The van der Waals surface area contributed by atoms with Crippen molar-refractivity contribution < 1.29 is 14.6 Å². The average Bonchev–Trinajstić information content (AvgIpc) is 2.85. The lowest BCUT2D eigenvalue weighted by Crippen LogP contribution is -2.03. The van der Waals surface area contributed by atoms with Crippen LogP contribution < -0.4 is 9.47 Å². The van der Waals surface area contributed by atoms with Crippen LogP contribution in [-0.4, -0.2) is 23.9 Å². The van der Waals surface area contributed by atoms with Crippen LogP contribution in [0.1, 0.15) is 11.3 Å². The molecule has 18 heavy (non-hydrogen) atoms. The third-order valence-corrected chi connectivity index (χ3v) is 2.89. The second-order valence-corrected chi connectivity index (χ2v) is 3.97. The molecule has 4 nitrogen and oxygen atoms in total. The lowest BCUT2D eigenvalue weighted by Gasteiger charge is -2.11. The zero-order valence-corrected chi connectivity index (χ0v) is 10.6. The first-order valence-corrected chi connectivity index (χ1v) is 5.74. The molecule has 2 aromatic rings. The molecule has 0 spiro atoms. The normalized spacial score (nSPS) is 10.4. The maximum Gasteiger partial charge on any atom is 0.161 e. The van der Waals surface area contributed by atoms with E-state index in [9.17, 15) is 5.11 Å². The molecular weight excluding hydrogens is 230 g/mol. The van der Waals surface area contributed by atoms with Crippen LogP contribution in [0.2, 0.25) is 0 Å². The highest BCUT2D eigenvalue weighted by molar-refractivity contribution is 5.43. The SMILES string of the molecule is COc1ccc(Cn2cccc2CO)cc1OC. The van der Waals surface area contributed by atoms with Gasteiger partial charge in [0.05, 0.1) is 20.8 Å². The van der Waals surface area contributed by atoms with Gasteiger partial charge in [0.25, 0.3) is 0 Å². The number of ether oxygens (including phenoxy) is 2. The Morgan fingerprint density at radius 2 is 1.89 bits per heavy atom. The van der Waals surface area contributed by atoms with E-state index in [2.05, 4.69) is 0 Å². The van der Waals surface area contributed by atoms with Gasteiger partial charge in [-0.2, -0.15) is 0 Å². The monoisotopic (exact) mass is 247 g/mol. The van der Waals surface area contributed by atoms with Crippen molar-refractivity contribution in [1.29, 1.82) is 0 Å². The molecule has 1 N–H and O–H groups in total. The number of hydrogen-bond acceptors (Lipinski definition) is 3. The van der Waals surface area contributed by atoms with Crippen LogP contribution in [0.15, 0.2) is 36.5 Å². The van der Waals surface area contributed by atoms with Gasteiger partial charge in [-0.3, -0.25) is 0 Å². The third kappa shape index (κ3) is 2.49. The highest BCUT2D eigenvalue weighted by atomic mass is 16.5. The minimum atomic E-state index is 0.0420. The van der Waals surface area contributed by atoms with Crippen molar-refractivity contribution in [2.24, 2.45) is 0 Å². The minimum absolute atomic E-state index is 0.0420. The number of aliphatic hydroxyl groups is 1. The van der Waals surface area contributed by atoms with Crippen molar-refractivity contribution in [3.8, 4) is 11.5 Å². The lowest BCUT2D eigenvalue weighted by molar-refractivity contribution is 0.271. The van der Waals surface area contributed by atoms with E-state index >= 15 is 0 Å². The third-order valence-electron chi connectivity index (χ3n) is 2.89. The fraction of sp³-hybridized carbons (Fsp3) is 0.286. The summed E-state index contributed by atoms with van der Waals surface area (Å²) in [7, 11) is 3.24. The van der Waals surface area contributed by atoms with E-state index in [1.807, 2.05) is 41.1 Å². The van der Waals surface area contributed by atoms with Gasteiger partial charge >= 0.3 is 0 Å². The topological polar surface area (TPSA) is 43.6 Å². The minimum Gasteiger partial charge on any atom is -0.493 e. The lowest BCUT2D eigenvalue weighted by atomic mass is 10.2. The molecule has 4 heteroatoms. The Morgan fingerprint density at radius 1 is 1.11 bits per heavy atom. The van der Waals surface area contributed by atoms with Gasteiger partial charge in [0.15, 0.2) is 11.5 Å². The molecule has 1 aromatic carbocycles. The van der Waals surface area contributed by atoms with E-state index in [-0.39, 0.29) is 6.61 Å². The summed E-state index contributed by atoms with van der Waals surface area (Å²) in [6, 6.07) is 9.64. The second-order valence-electron chi connectivity index (χ2n) is 3.97. The van der Waals surface area contributed by atoms with Gasteiger partial charge in [-0.05, 0) is 29.8 Å². The van der Waals surface area contributed by atoms with E-state index in [0.29, 0.717) is 12.3 Å². The van der Waals surface area contributed by atoms with Gasteiger partial charge in [0.1, 0.15) is 0 Å². The number of nitrogens with zero attached hydrogens (tertiary/aromatic N) is 1. The van der Waals surface area contributed by atoms with Gasteiger partial charge in [0.2, 0.25) is 0 Å². The molecule has 0 saturated heterocycles. The Bertz CT molecular complexity index is 520. The fourth-order valence-electron chi connectivity index (χ4n) is 1.92. The standard InChI is InChI=1S/C14H17NO3/c1-17-13-6-5-11(8-14(13)18-2)9-15-7-3-4-12(15)10-16/h3-8,16H,9-10H2,1-2H3. The van der Waals surface area contributed by atoms with Crippen LogP contribution in [0, 0.1) is 0 Å². The smallest absolute Gasteiger partial charge is 0.161 e. The van der Waals surface area contributed by atoms with Gasteiger partial charge in [-0.25, -0.2) is 0 Å². The predicted octanol–water partition coefficient (Wildman–Crippen LogP) is 2.05. The number of benzene rings is 1. The van der Waals surface area contributed by atoms with Crippen molar-refractivity contribution in [3.63, 3.8) is 0 Å². The van der Waals surface area contributed by atoms with Gasteiger partial charge in [-0.1, -0.05) is 6.07 Å². The molecule has 1 heterocycles. The van der Waals surface area contributed by atoms with Gasteiger partial charge in [0, 0.05) is 18.4 Å². The summed E-state index contributed by atoms with van der Waals surface area (Å²) in [6.07, 6.45) is 1.95. The van der Waals surface area contributed by atoms with E-state index in [4.69, 9.17) is 9.47 Å². The Hall–Kier alpha value is -1.94. The molecule has 0 radical (unpaired) electrons. The molecule has 96 valence electrons. The number of hydrogen-bond donors (Lipinski definition) is 1. The summed E-state index contributed by atoms with van der Waals surface area (Å²) in [5.41, 5.74) is 1.99. The number of rotatable bonds is 5. The average molecular weight is 247 g/mol. The second kappa shape index (κ2) is 5.60. The predicted molar refractivity (Wildman–Crippen MR) is 69.0 cm³/mol.